The zero-order valence-electron chi connectivity index (χ0n) is 14.6. The molecule has 0 saturated carbocycles. The van der Waals surface area contributed by atoms with E-state index in [1.54, 1.807) is 0 Å². The molecule has 1 aromatic rings. The molecule has 0 aromatic carbocycles. The number of aromatic nitrogens is 1. The van der Waals surface area contributed by atoms with Crippen molar-refractivity contribution < 1.29 is 19.4 Å². The van der Waals surface area contributed by atoms with E-state index in [0.717, 1.165) is 35.9 Å². The summed E-state index contributed by atoms with van der Waals surface area (Å²) in [4.78, 5) is 18.9. The maximum absolute atomic E-state index is 12.2. The molecule has 25 heavy (non-hydrogen) atoms. The molecule has 1 amide bonds. The summed E-state index contributed by atoms with van der Waals surface area (Å²) in [7, 11) is 0. The SMILES string of the molecule is CC(C)(C)OC(=O)N[C@H](CO)[C@@H](c1nc(Br)cs1)N1CC2(COC2)C1. The molecule has 0 unspecified atom stereocenters. The number of ether oxygens (including phenoxy) is 2. The van der Waals surface area contributed by atoms with E-state index in [1.807, 2.05) is 26.2 Å². The zero-order valence-corrected chi connectivity index (χ0v) is 17.0. The Morgan fingerprint density at radius 2 is 2.24 bits per heavy atom. The van der Waals surface area contributed by atoms with Crippen LogP contribution in [0.25, 0.3) is 0 Å². The molecule has 2 saturated heterocycles. The summed E-state index contributed by atoms with van der Waals surface area (Å²) in [6, 6.07) is -0.689. The van der Waals surface area contributed by atoms with Crippen LogP contribution in [0.3, 0.4) is 0 Å². The normalized spacial score (nSPS) is 22.0. The van der Waals surface area contributed by atoms with Gasteiger partial charge in [0.05, 0.1) is 31.9 Å². The molecule has 140 valence electrons. The summed E-state index contributed by atoms with van der Waals surface area (Å²) >= 11 is 4.90. The number of halogens is 1. The van der Waals surface area contributed by atoms with E-state index in [-0.39, 0.29) is 18.1 Å². The maximum atomic E-state index is 12.2. The lowest BCUT2D eigenvalue weighted by atomic mass is 9.76. The molecule has 1 spiro atoms. The topological polar surface area (TPSA) is 83.9 Å². The monoisotopic (exact) mass is 433 g/mol. The number of carbonyl (C=O) groups is 1. The van der Waals surface area contributed by atoms with E-state index in [2.05, 4.69) is 31.1 Å². The Bertz CT molecular complexity index is 621. The van der Waals surface area contributed by atoms with E-state index >= 15 is 0 Å². The van der Waals surface area contributed by atoms with E-state index in [0.29, 0.717) is 0 Å². The summed E-state index contributed by atoms with van der Waals surface area (Å²) < 4.78 is 11.4. The van der Waals surface area contributed by atoms with Gasteiger partial charge in [-0.15, -0.1) is 11.3 Å². The lowest BCUT2D eigenvalue weighted by molar-refractivity contribution is -0.202. The van der Waals surface area contributed by atoms with Crippen molar-refractivity contribution in [2.75, 3.05) is 32.9 Å². The molecule has 2 fully saturated rings. The van der Waals surface area contributed by atoms with E-state index < -0.39 is 17.7 Å². The number of aliphatic hydroxyl groups excluding tert-OH is 1. The second kappa shape index (κ2) is 7.11. The maximum Gasteiger partial charge on any atom is 0.408 e. The first-order valence-corrected chi connectivity index (χ1v) is 9.92. The highest BCUT2D eigenvalue weighted by molar-refractivity contribution is 9.10. The summed E-state index contributed by atoms with van der Waals surface area (Å²) in [5.41, 5.74) is -0.355. The summed E-state index contributed by atoms with van der Waals surface area (Å²) in [6.07, 6.45) is -0.533. The largest absolute Gasteiger partial charge is 0.444 e. The Morgan fingerprint density at radius 3 is 2.68 bits per heavy atom. The standard InChI is InChI=1S/C16H24BrN3O4S/c1-15(2,3)24-14(22)18-10(4-21)12(13-19-11(17)5-25-13)20-6-16(7-20)8-23-9-16/h5,10,12,21H,4,6-9H2,1-3H3,(H,18,22)/t10-,12+/m1/s1. The van der Waals surface area contributed by atoms with Crippen LogP contribution >= 0.6 is 27.3 Å². The number of rotatable bonds is 5. The highest BCUT2D eigenvalue weighted by Gasteiger charge is 2.52. The van der Waals surface area contributed by atoms with Crippen molar-refractivity contribution in [1.82, 2.24) is 15.2 Å². The van der Waals surface area contributed by atoms with Crippen LogP contribution < -0.4 is 5.32 Å². The van der Waals surface area contributed by atoms with Gasteiger partial charge in [0.25, 0.3) is 0 Å². The minimum Gasteiger partial charge on any atom is -0.444 e. The third-order valence-corrected chi connectivity index (χ3v) is 5.94. The van der Waals surface area contributed by atoms with Gasteiger partial charge in [0.15, 0.2) is 0 Å². The highest BCUT2D eigenvalue weighted by atomic mass is 79.9. The third kappa shape index (κ3) is 4.33. The van der Waals surface area contributed by atoms with Crippen molar-refractivity contribution in [3.05, 3.63) is 15.0 Å². The number of nitrogens with zero attached hydrogens (tertiary/aromatic N) is 2. The molecular weight excluding hydrogens is 410 g/mol. The van der Waals surface area contributed by atoms with Crippen LogP contribution in [-0.4, -0.2) is 65.6 Å². The van der Waals surface area contributed by atoms with Crippen molar-refractivity contribution in [2.45, 2.75) is 38.5 Å². The van der Waals surface area contributed by atoms with Crippen LogP contribution in [0.5, 0.6) is 0 Å². The van der Waals surface area contributed by atoms with Crippen LogP contribution in [0.15, 0.2) is 9.98 Å². The van der Waals surface area contributed by atoms with Gasteiger partial charge in [-0.25, -0.2) is 9.78 Å². The number of thiazole rings is 1. The first-order valence-electron chi connectivity index (χ1n) is 8.24. The van der Waals surface area contributed by atoms with Crippen molar-refractivity contribution >= 4 is 33.4 Å². The quantitative estimate of drug-likeness (QED) is 0.739. The van der Waals surface area contributed by atoms with Gasteiger partial charge in [-0.3, -0.25) is 4.90 Å². The fourth-order valence-corrected chi connectivity index (χ4v) is 4.72. The van der Waals surface area contributed by atoms with E-state index in [4.69, 9.17) is 9.47 Å². The van der Waals surface area contributed by atoms with Gasteiger partial charge in [0, 0.05) is 23.9 Å². The lowest BCUT2D eigenvalue weighted by Gasteiger charge is -2.57. The number of alkyl carbamates (subject to hydrolysis) is 1. The molecule has 2 aliphatic heterocycles. The fraction of sp³-hybridized carbons (Fsp3) is 0.750. The number of amides is 1. The van der Waals surface area contributed by atoms with Crippen LogP contribution in [-0.2, 0) is 9.47 Å². The molecule has 0 bridgehead atoms. The molecule has 0 aliphatic carbocycles. The Morgan fingerprint density at radius 1 is 1.56 bits per heavy atom. The van der Waals surface area contributed by atoms with Gasteiger partial charge < -0.3 is 19.9 Å². The molecule has 2 aliphatic rings. The average Bonchev–Trinajstić information content (AvgIpc) is 2.82. The molecule has 3 rings (SSSR count). The summed E-state index contributed by atoms with van der Waals surface area (Å²) in [5, 5.41) is 15.5. The van der Waals surface area contributed by atoms with Gasteiger partial charge in [0.1, 0.15) is 15.2 Å². The first kappa shape index (κ1) is 19.0. The highest BCUT2D eigenvalue weighted by Crippen LogP contribution is 2.43. The first-order chi connectivity index (χ1) is 11.7. The number of carbonyl (C=O) groups excluding carboxylic acids is 1. The van der Waals surface area contributed by atoms with Gasteiger partial charge >= 0.3 is 6.09 Å². The van der Waals surface area contributed by atoms with Crippen molar-refractivity contribution in [3.8, 4) is 0 Å². The number of nitrogens with one attached hydrogen (secondary N) is 1. The number of hydrogen-bond acceptors (Lipinski definition) is 7. The number of aliphatic hydroxyl groups is 1. The second-order valence-corrected chi connectivity index (χ2v) is 9.49. The Hall–Kier alpha value is -0.740. The predicted molar refractivity (Wildman–Crippen MR) is 97.6 cm³/mol. The molecule has 3 heterocycles. The van der Waals surface area contributed by atoms with Crippen LogP contribution in [0.1, 0.15) is 31.8 Å². The molecule has 2 atom stereocenters. The average molecular weight is 434 g/mol. The van der Waals surface area contributed by atoms with Gasteiger partial charge in [-0.05, 0) is 36.7 Å². The molecule has 0 radical (unpaired) electrons. The van der Waals surface area contributed by atoms with Crippen LogP contribution in [0.2, 0.25) is 0 Å². The third-order valence-electron chi connectivity index (χ3n) is 4.31. The summed E-state index contributed by atoms with van der Waals surface area (Å²) in [6.45, 7) is 8.55. The van der Waals surface area contributed by atoms with Gasteiger partial charge in [0.2, 0.25) is 0 Å². The van der Waals surface area contributed by atoms with Gasteiger partial charge in [-0.2, -0.15) is 0 Å². The molecule has 7 nitrogen and oxygen atoms in total. The Balaban J connectivity index is 1.73. The summed E-state index contributed by atoms with van der Waals surface area (Å²) in [5.74, 6) is 0. The predicted octanol–water partition coefficient (Wildman–Crippen LogP) is 2.16. The minimum absolute atomic E-state index is 0.193. The number of hydrogen-bond donors (Lipinski definition) is 2. The molecule has 2 N–H and O–H groups in total. The second-order valence-electron chi connectivity index (χ2n) is 7.79. The fourth-order valence-electron chi connectivity index (χ4n) is 3.25. The minimum atomic E-state index is -0.589. The molecular formula is C16H24BrN3O4S. The molecule has 9 heteroatoms. The van der Waals surface area contributed by atoms with E-state index in [9.17, 15) is 9.90 Å². The van der Waals surface area contributed by atoms with Crippen molar-refractivity contribution in [1.29, 1.82) is 0 Å². The number of likely N-dealkylation sites (tertiary alicyclic amines) is 1. The Labute approximate surface area is 159 Å². The van der Waals surface area contributed by atoms with Gasteiger partial charge in [-0.1, -0.05) is 0 Å². The van der Waals surface area contributed by atoms with Crippen molar-refractivity contribution in [3.63, 3.8) is 0 Å². The Kier molecular flexibility index (Phi) is 5.41. The van der Waals surface area contributed by atoms with Crippen LogP contribution in [0, 0.1) is 5.41 Å². The van der Waals surface area contributed by atoms with Crippen molar-refractivity contribution in [2.24, 2.45) is 5.41 Å². The zero-order chi connectivity index (χ0) is 18.2. The smallest absolute Gasteiger partial charge is 0.408 e. The lowest BCUT2D eigenvalue weighted by Crippen LogP contribution is -2.68. The van der Waals surface area contributed by atoms with Crippen LogP contribution in [0.4, 0.5) is 4.79 Å². The van der Waals surface area contributed by atoms with E-state index in [1.165, 1.54) is 11.3 Å². The molecule has 1 aromatic heterocycles.